The van der Waals surface area contributed by atoms with E-state index in [1.807, 2.05) is 19.9 Å². The number of hydrogen-bond donors (Lipinski definition) is 3. The molecular weight excluding hydrogens is 557 g/mol. The Kier molecular flexibility index (Phi) is 8.93. The van der Waals surface area contributed by atoms with E-state index in [2.05, 4.69) is 18.5 Å². The number of fused-ring (bicyclic) bond motifs is 2. The van der Waals surface area contributed by atoms with E-state index >= 15 is 4.32 Å². The summed E-state index contributed by atoms with van der Waals surface area (Å²) in [6, 6.07) is 5.43. The molecule has 3 atom stereocenters. The van der Waals surface area contributed by atoms with Crippen molar-refractivity contribution in [3.05, 3.63) is 46.5 Å². The zero-order valence-electron chi connectivity index (χ0n) is 20.3. The number of halogens is 1. The Bertz CT molecular complexity index is 1300. The highest BCUT2D eigenvalue weighted by atomic mass is 32.7. The highest BCUT2D eigenvalue weighted by molar-refractivity contribution is 8.57. The van der Waals surface area contributed by atoms with Crippen LogP contribution in [0.3, 0.4) is 0 Å². The molecule has 1 aliphatic rings. The predicted molar refractivity (Wildman–Crippen MR) is 135 cm³/mol. The Morgan fingerprint density at radius 1 is 1.19 bits per heavy atom. The third kappa shape index (κ3) is 7.25. The molecule has 18 heteroatoms. The summed E-state index contributed by atoms with van der Waals surface area (Å²) in [5.74, 6) is -1.02. The SMILES string of the molecule is Cc1cc(C)n2c1Cc1ccc(CNC(=O)CSP(C)(=O)OP(=O)(O)OP(=O)(O)OC(C)C)n1B2F. The molecule has 2 aromatic rings. The fourth-order valence-electron chi connectivity index (χ4n) is 3.83. The van der Waals surface area contributed by atoms with Gasteiger partial charge in [-0.25, -0.2) is 13.4 Å². The first-order valence-corrected chi connectivity index (χ1v) is 17.4. The molecule has 0 radical (unpaired) electrons. The van der Waals surface area contributed by atoms with E-state index in [1.165, 1.54) is 18.3 Å². The van der Waals surface area contributed by atoms with Crippen LogP contribution in [0.5, 0.6) is 0 Å². The molecule has 3 unspecified atom stereocenters. The second kappa shape index (κ2) is 10.9. The molecule has 1 amide bonds. The maximum atomic E-state index is 15.4. The average Bonchev–Trinajstić information content (AvgIpc) is 3.23. The number of phosphoric ester groups is 1. The summed E-state index contributed by atoms with van der Waals surface area (Å²) >= 11 is 0.427. The van der Waals surface area contributed by atoms with Crippen LogP contribution in [-0.2, 0) is 44.6 Å². The van der Waals surface area contributed by atoms with E-state index in [0.717, 1.165) is 29.3 Å². The third-order valence-electron chi connectivity index (χ3n) is 5.11. The Balaban J connectivity index is 1.55. The van der Waals surface area contributed by atoms with Gasteiger partial charge in [-0.2, -0.15) is 4.31 Å². The van der Waals surface area contributed by atoms with Crippen molar-refractivity contribution >= 4 is 46.8 Å². The van der Waals surface area contributed by atoms with E-state index in [-0.39, 0.29) is 6.54 Å². The molecule has 2 aromatic heterocycles. The van der Waals surface area contributed by atoms with Crippen LogP contribution in [0.1, 0.15) is 42.2 Å². The lowest BCUT2D eigenvalue weighted by Gasteiger charge is -2.24. The molecule has 3 rings (SSSR count). The van der Waals surface area contributed by atoms with Crippen molar-refractivity contribution in [1.29, 1.82) is 0 Å². The predicted octanol–water partition coefficient (Wildman–Crippen LogP) is 3.99. The third-order valence-corrected chi connectivity index (χ3v) is 12.7. The summed E-state index contributed by atoms with van der Waals surface area (Å²) in [5, 5.41) is 2.59. The molecular formula is C18H28BFN3O9P3S. The molecule has 200 valence electrons. The lowest BCUT2D eigenvalue weighted by atomic mass is 9.95. The minimum absolute atomic E-state index is 0.00877. The van der Waals surface area contributed by atoms with Gasteiger partial charge in [0, 0.05) is 35.9 Å². The van der Waals surface area contributed by atoms with Gasteiger partial charge in [0.05, 0.1) is 18.4 Å². The summed E-state index contributed by atoms with van der Waals surface area (Å²) in [6.07, 6.45) is -0.253. The van der Waals surface area contributed by atoms with Gasteiger partial charge in [0.1, 0.15) is 0 Å². The molecule has 0 aromatic carbocycles. The highest BCUT2D eigenvalue weighted by Crippen LogP contribution is 2.71. The number of carbonyl (C=O) groups is 1. The molecule has 36 heavy (non-hydrogen) atoms. The van der Waals surface area contributed by atoms with Crippen LogP contribution in [-0.4, -0.2) is 50.4 Å². The van der Waals surface area contributed by atoms with E-state index in [9.17, 15) is 28.3 Å². The molecule has 3 N–H and O–H groups in total. The molecule has 0 saturated carbocycles. The first kappa shape index (κ1) is 29.4. The van der Waals surface area contributed by atoms with Crippen molar-refractivity contribution in [2.24, 2.45) is 0 Å². The van der Waals surface area contributed by atoms with Gasteiger partial charge in [0.2, 0.25) is 5.91 Å². The monoisotopic (exact) mass is 585 g/mol. The van der Waals surface area contributed by atoms with Gasteiger partial charge in [0.15, 0.2) is 0 Å². The number of amides is 1. The Morgan fingerprint density at radius 2 is 1.86 bits per heavy atom. The number of aromatic nitrogens is 2. The molecule has 0 saturated heterocycles. The second-order valence-electron chi connectivity index (χ2n) is 8.53. The van der Waals surface area contributed by atoms with Crippen LogP contribution in [0.4, 0.5) is 4.32 Å². The van der Waals surface area contributed by atoms with Crippen LogP contribution >= 0.6 is 33.6 Å². The lowest BCUT2D eigenvalue weighted by Crippen LogP contribution is -2.39. The van der Waals surface area contributed by atoms with Gasteiger partial charge in [0.25, 0.3) is 6.57 Å². The van der Waals surface area contributed by atoms with E-state index in [1.54, 1.807) is 16.6 Å². The summed E-state index contributed by atoms with van der Waals surface area (Å²) in [7, 11) is -11.7. The van der Waals surface area contributed by atoms with Crippen molar-refractivity contribution in [2.75, 3.05) is 12.4 Å². The van der Waals surface area contributed by atoms with Crippen molar-refractivity contribution in [3.8, 4) is 0 Å². The smallest absolute Gasteiger partial charge is 0.350 e. The zero-order chi connectivity index (χ0) is 27.1. The van der Waals surface area contributed by atoms with Crippen molar-refractivity contribution in [1.82, 2.24) is 14.3 Å². The topological polar surface area (TPSA) is 158 Å². The van der Waals surface area contributed by atoms with Gasteiger partial charge >= 0.3 is 22.9 Å². The number of nitrogens with one attached hydrogen (secondary N) is 1. The zero-order valence-corrected chi connectivity index (χ0v) is 23.8. The molecule has 0 spiro atoms. The maximum Gasteiger partial charge on any atom is 0.596 e. The van der Waals surface area contributed by atoms with Crippen LogP contribution in [0.2, 0.25) is 0 Å². The largest absolute Gasteiger partial charge is 0.596 e. The molecule has 12 nitrogen and oxygen atoms in total. The molecule has 3 heterocycles. The van der Waals surface area contributed by atoms with Crippen LogP contribution in [0.15, 0.2) is 18.2 Å². The van der Waals surface area contributed by atoms with E-state index in [4.69, 9.17) is 0 Å². The molecule has 0 fully saturated rings. The van der Waals surface area contributed by atoms with Crippen molar-refractivity contribution < 1.29 is 45.7 Å². The fraction of sp³-hybridized carbons (Fsp3) is 0.500. The lowest BCUT2D eigenvalue weighted by molar-refractivity contribution is -0.118. The van der Waals surface area contributed by atoms with Crippen LogP contribution < -0.4 is 5.32 Å². The summed E-state index contributed by atoms with van der Waals surface area (Å²) in [6.45, 7) is 3.52. The van der Waals surface area contributed by atoms with Crippen LogP contribution in [0, 0.1) is 13.8 Å². The minimum atomic E-state index is -5.26. The number of hydrogen-bond acceptors (Lipinski definition) is 8. The highest BCUT2D eigenvalue weighted by Gasteiger charge is 2.41. The molecule has 1 aliphatic heterocycles. The number of aryl methyl sites for hydroxylation is 2. The van der Waals surface area contributed by atoms with Crippen molar-refractivity contribution in [3.63, 3.8) is 0 Å². The van der Waals surface area contributed by atoms with Crippen LogP contribution in [0.25, 0.3) is 0 Å². The van der Waals surface area contributed by atoms with Gasteiger partial charge in [-0.05, 0) is 51.5 Å². The van der Waals surface area contributed by atoms with E-state index in [0.29, 0.717) is 23.5 Å². The maximum absolute atomic E-state index is 15.4. The Morgan fingerprint density at radius 3 is 2.50 bits per heavy atom. The van der Waals surface area contributed by atoms with Gasteiger partial charge in [-0.15, -0.1) is 0 Å². The summed E-state index contributed by atoms with van der Waals surface area (Å²) in [4.78, 5) is 31.5. The van der Waals surface area contributed by atoms with Crippen molar-refractivity contribution in [2.45, 2.75) is 46.8 Å². The minimum Gasteiger partial charge on any atom is -0.350 e. The standard InChI is InChI=1S/C18H28BFN3O9P3S/c1-12(2)30-34(26,27)32-35(28,29)31-33(5,25)36-11-18(24)21-10-16-7-6-15-9-17-13(3)8-14(4)22(17)19(20)23(15)16/h6-8,12H,9-11H2,1-5H3,(H,21,24)(H,26,27)(H,28,29). The molecule has 0 aliphatic carbocycles. The van der Waals surface area contributed by atoms with Gasteiger partial charge in [-0.3, -0.25) is 18.2 Å². The Hall–Kier alpha value is -1.14. The summed E-state index contributed by atoms with van der Waals surface area (Å²) < 4.78 is 67.9. The quantitative estimate of drug-likeness (QED) is 0.260. The number of phosphoric acid groups is 2. The second-order valence-corrected chi connectivity index (χ2v) is 16.8. The average molecular weight is 585 g/mol. The first-order valence-electron chi connectivity index (χ1n) is 10.8. The fourth-order valence-corrected chi connectivity index (χ4v) is 10.3. The number of carbonyl (C=O) groups excluding carboxylic acids is 1. The Labute approximate surface area is 212 Å². The number of rotatable bonds is 11. The van der Waals surface area contributed by atoms with E-state index < -0.39 is 47.2 Å². The first-order chi connectivity index (χ1) is 16.5. The normalized spacial score (nSPS) is 18.2. The van der Waals surface area contributed by atoms with Gasteiger partial charge < -0.3 is 24.1 Å². The molecule has 0 bridgehead atoms. The number of nitrogens with zero attached hydrogens (tertiary/aromatic N) is 2. The van der Waals surface area contributed by atoms with Gasteiger partial charge in [-0.1, -0.05) is 11.4 Å². The summed E-state index contributed by atoms with van der Waals surface area (Å²) in [5.41, 5.74) is 3.99.